The van der Waals surface area contributed by atoms with Gasteiger partial charge in [0.25, 0.3) is 0 Å². The average molecular weight is 340 g/mol. The number of amides is 1. The fourth-order valence-electron chi connectivity index (χ4n) is 3.13. The van der Waals surface area contributed by atoms with Gasteiger partial charge in [-0.15, -0.1) is 0 Å². The number of aromatic nitrogens is 4. The number of rotatable bonds is 4. The summed E-state index contributed by atoms with van der Waals surface area (Å²) in [5.74, 6) is 2.36. The lowest BCUT2D eigenvalue weighted by atomic mass is 9.93. The molecule has 1 aliphatic rings. The van der Waals surface area contributed by atoms with Crippen LogP contribution in [0.15, 0.2) is 24.5 Å². The number of aryl methyl sites for hydroxylation is 1. The zero-order chi connectivity index (χ0) is 17.8. The molecule has 0 saturated carbocycles. The van der Waals surface area contributed by atoms with E-state index in [-0.39, 0.29) is 17.7 Å². The second-order valence-electron chi connectivity index (χ2n) is 6.70. The van der Waals surface area contributed by atoms with Gasteiger partial charge in [-0.05, 0) is 25.8 Å². The van der Waals surface area contributed by atoms with E-state index >= 15 is 0 Å². The molecule has 0 spiro atoms. The lowest BCUT2D eigenvalue weighted by molar-refractivity contribution is -0.135. The first-order chi connectivity index (χ1) is 12.0. The third kappa shape index (κ3) is 4.29. The standard InChI is InChI=1S/C18H24N6O/c1-12(2)17(25)24-9-4-6-14(11-24)15-10-16(22-13(3)21-15)23-18-19-7-5-8-20-18/h5,7-8,10,12,14H,4,6,9,11H2,1-3H3,(H,19,20,21,22,23)/t14-/m1/s1. The number of likely N-dealkylation sites (tertiary alicyclic amines) is 1. The van der Waals surface area contributed by atoms with Crippen molar-refractivity contribution in [2.24, 2.45) is 5.92 Å². The fraction of sp³-hybridized carbons (Fsp3) is 0.500. The third-order valence-corrected chi connectivity index (χ3v) is 4.31. The first-order valence-electron chi connectivity index (χ1n) is 8.71. The molecule has 0 radical (unpaired) electrons. The Bertz CT molecular complexity index is 734. The molecule has 0 aliphatic carbocycles. The highest BCUT2D eigenvalue weighted by Crippen LogP contribution is 2.28. The quantitative estimate of drug-likeness (QED) is 0.921. The van der Waals surface area contributed by atoms with Gasteiger partial charge in [-0.25, -0.2) is 19.9 Å². The highest BCUT2D eigenvalue weighted by molar-refractivity contribution is 5.78. The number of piperidine rings is 1. The van der Waals surface area contributed by atoms with E-state index < -0.39 is 0 Å². The summed E-state index contributed by atoms with van der Waals surface area (Å²) in [7, 11) is 0. The second-order valence-corrected chi connectivity index (χ2v) is 6.70. The number of nitrogens with zero attached hydrogens (tertiary/aromatic N) is 5. The van der Waals surface area contributed by atoms with Gasteiger partial charge in [0, 0.05) is 43.4 Å². The maximum absolute atomic E-state index is 12.3. The molecule has 1 atom stereocenters. The van der Waals surface area contributed by atoms with Crippen molar-refractivity contribution in [3.8, 4) is 0 Å². The van der Waals surface area contributed by atoms with Crippen LogP contribution in [0.1, 0.15) is 44.1 Å². The Morgan fingerprint density at radius 3 is 2.76 bits per heavy atom. The summed E-state index contributed by atoms with van der Waals surface area (Å²) in [4.78, 5) is 31.6. The van der Waals surface area contributed by atoms with Gasteiger partial charge in [-0.3, -0.25) is 4.79 Å². The Hall–Kier alpha value is -2.57. The van der Waals surface area contributed by atoms with Crippen LogP contribution in [-0.2, 0) is 4.79 Å². The van der Waals surface area contributed by atoms with Crippen LogP contribution in [0.2, 0.25) is 0 Å². The van der Waals surface area contributed by atoms with Gasteiger partial charge in [-0.1, -0.05) is 13.8 Å². The Balaban J connectivity index is 1.78. The van der Waals surface area contributed by atoms with Crippen LogP contribution in [0.25, 0.3) is 0 Å². The maximum atomic E-state index is 12.3. The van der Waals surface area contributed by atoms with Gasteiger partial charge < -0.3 is 10.2 Å². The first kappa shape index (κ1) is 17.3. The Kier molecular flexibility index (Phi) is 5.21. The van der Waals surface area contributed by atoms with Crippen LogP contribution in [0.4, 0.5) is 11.8 Å². The largest absolute Gasteiger partial charge is 0.342 e. The monoisotopic (exact) mass is 340 g/mol. The minimum absolute atomic E-state index is 0.0262. The fourth-order valence-corrected chi connectivity index (χ4v) is 3.13. The molecule has 0 aromatic carbocycles. The minimum Gasteiger partial charge on any atom is -0.342 e. The van der Waals surface area contributed by atoms with Gasteiger partial charge in [0.15, 0.2) is 0 Å². The molecule has 132 valence electrons. The normalized spacial score (nSPS) is 17.6. The third-order valence-electron chi connectivity index (χ3n) is 4.31. The Morgan fingerprint density at radius 1 is 1.28 bits per heavy atom. The molecule has 1 amide bonds. The van der Waals surface area contributed by atoms with Crippen molar-refractivity contribution < 1.29 is 4.79 Å². The summed E-state index contributed by atoms with van der Waals surface area (Å²) in [6.45, 7) is 7.32. The Labute approximate surface area is 147 Å². The van der Waals surface area contributed by atoms with E-state index in [0.717, 1.165) is 31.6 Å². The predicted octanol–water partition coefficient (Wildman–Crippen LogP) is 2.68. The number of carbonyl (C=O) groups excluding carboxylic acids is 1. The summed E-state index contributed by atoms with van der Waals surface area (Å²) in [6.07, 6.45) is 5.39. The van der Waals surface area contributed by atoms with Crippen molar-refractivity contribution in [1.82, 2.24) is 24.8 Å². The van der Waals surface area contributed by atoms with E-state index in [9.17, 15) is 4.79 Å². The molecule has 25 heavy (non-hydrogen) atoms. The van der Waals surface area contributed by atoms with Crippen molar-refractivity contribution in [2.75, 3.05) is 18.4 Å². The molecule has 1 fully saturated rings. The number of carbonyl (C=O) groups is 1. The highest BCUT2D eigenvalue weighted by Gasteiger charge is 2.27. The second kappa shape index (κ2) is 7.55. The van der Waals surface area contributed by atoms with Crippen molar-refractivity contribution in [2.45, 2.75) is 39.5 Å². The zero-order valence-corrected chi connectivity index (χ0v) is 14.9. The average Bonchev–Trinajstić information content (AvgIpc) is 2.61. The van der Waals surface area contributed by atoms with Gasteiger partial charge in [0.1, 0.15) is 11.6 Å². The van der Waals surface area contributed by atoms with E-state index in [1.807, 2.05) is 31.7 Å². The van der Waals surface area contributed by atoms with Crippen LogP contribution in [0, 0.1) is 12.8 Å². The molecular formula is C18H24N6O. The van der Waals surface area contributed by atoms with E-state index in [1.54, 1.807) is 18.5 Å². The number of hydrogen-bond donors (Lipinski definition) is 1. The lowest BCUT2D eigenvalue weighted by Crippen LogP contribution is -2.41. The molecule has 3 heterocycles. The molecule has 0 unspecified atom stereocenters. The van der Waals surface area contributed by atoms with Gasteiger partial charge in [0.2, 0.25) is 11.9 Å². The molecule has 1 saturated heterocycles. The summed E-state index contributed by atoms with van der Waals surface area (Å²) in [5, 5.41) is 3.12. The molecule has 0 bridgehead atoms. The molecule has 1 aliphatic heterocycles. The van der Waals surface area contributed by atoms with Crippen LogP contribution in [0.3, 0.4) is 0 Å². The number of nitrogens with one attached hydrogen (secondary N) is 1. The number of hydrogen-bond acceptors (Lipinski definition) is 6. The van der Waals surface area contributed by atoms with E-state index in [1.165, 1.54) is 0 Å². The van der Waals surface area contributed by atoms with Gasteiger partial charge >= 0.3 is 0 Å². The molecule has 1 N–H and O–H groups in total. The lowest BCUT2D eigenvalue weighted by Gasteiger charge is -2.33. The van der Waals surface area contributed by atoms with Crippen molar-refractivity contribution in [3.63, 3.8) is 0 Å². The predicted molar refractivity (Wildman–Crippen MR) is 95.5 cm³/mol. The van der Waals surface area contributed by atoms with Crippen LogP contribution < -0.4 is 5.32 Å². The van der Waals surface area contributed by atoms with Gasteiger partial charge in [0.05, 0.1) is 5.69 Å². The van der Waals surface area contributed by atoms with Crippen LogP contribution >= 0.6 is 0 Å². The molecule has 2 aromatic rings. The summed E-state index contributed by atoms with van der Waals surface area (Å²) < 4.78 is 0. The molecular weight excluding hydrogens is 316 g/mol. The smallest absolute Gasteiger partial charge is 0.228 e. The Morgan fingerprint density at radius 2 is 2.04 bits per heavy atom. The van der Waals surface area contributed by atoms with Crippen LogP contribution in [-0.4, -0.2) is 43.8 Å². The zero-order valence-electron chi connectivity index (χ0n) is 14.9. The first-order valence-corrected chi connectivity index (χ1v) is 8.71. The SMILES string of the molecule is Cc1nc(Nc2ncccn2)cc([C@@H]2CCCN(C(=O)C(C)C)C2)n1. The number of anilines is 2. The van der Waals surface area contributed by atoms with Gasteiger partial charge in [-0.2, -0.15) is 0 Å². The summed E-state index contributed by atoms with van der Waals surface area (Å²) in [6, 6.07) is 3.71. The van der Waals surface area contributed by atoms with Crippen molar-refractivity contribution in [1.29, 1.82) is 0 Å². The van der Waals surface area contributed by atoms with Crippen molar-refractivity contribution >= 4 is 17.7 Å². The molecule has 7 nitrogen and oxygen atoms in total. The van der Waals surface area contributed by atoms with E-state index in [0.29, 0.717) is 17.6 Å². The molecule has 2 aromatic heterocycles. The van der Waals surface area contributed by atoms with E-state index in [4.69, 9.17) is 0 Å². The highest BCUT2D eigenvalue weighted by atomic mass is 16.2. The topological polar surface area (TPSA) is 83.9 Å². The summed E-state index contributed by atoms with van der Waals surface area (Å²) >= 11 is 0. The molecule has 3 rings (SSSR count). The summed E-state index contributed by atoms with van der Waals surface area (Å²) in [5.41, 5.74) is 0.965. The van der Waals surface area contributed by atoms with Crippen LogP contribution in [0.5, 0.6) is 0 Å². The maximum Gasteiger partial charge on any atom is 0.228 e. The van der Waals surface area contributed by atoms with Crippen molar-refractivity contribution in [3.05, 3.63) is 36.0 Å². The van der Waals surface area contributed by atoms with E-state index in [2.05, 4.69) is 25.3 Å². The molecule has 7 heteroatoms. The minimum atomic E-state index is 0.0262.